The minimum atomic E-state index is -0.833. The average Bonchev–Trinajstić information content (AvgIpc) is 1.25. The Morgan fingerprint density at radius 3 is 0.900 bits per heavy atom. The molecule has 4 nitrogen and oxygen atoms in total. The maximum atomic E-state index is 9.00. The number of carboxylic acids is 2. The molecule has 0 heterocycles. The summed E-state index contributed by atoms with van der Waals surface area (Å²) in [6, 6.07) is 0. The van der Waals surface area contributed by atoms with Crippen LogP contribution in [0.15, 0.2) is 0 Å². The molecular formula is C4H8Mn2O4. The van der Waals surface area contributed by atoms with Gasteiger partial charge in [-0.2, -0.15) is 0 Å². The zero-order valence-corrected chi connectivity index (χ0v) is 7.83. The first-order valence-corrected chi connectivity index (χ1v) is 1.86. The van der Waals surface area contributed by atoms with E-state index < -0.39 is 11.9 Å². The molecule has 0 bridgehead atoms. The van der Waals surface area contributed by atoms with Crippen LogP contribution in [0, 0.1) is 0 Å². The molecule has 0 saturated heterocycles. The quantitative estimate of drug-likeness (QED) is 0.582. The third-order valence-corrected chi connectivity index (χ3v) is 0. The molecule has 6 heteroatoms. The van der Waals surface area contributed by atoms with E-state index in [4.69, 9.17) is 19.8 Å². The van der Waals surface area contributed by atoms with Gasteiger partial charge in [-0.05, 0) is 0 Å². The van der Waals surface area contributed by atoms with Gasteiger partial charge in [-0.15, -0.1) is 0 Å². The fourth-order valence-electron chi connectivity index (χ4n) is 0. The second-order valence-corrected chi connectivity index (χ2v) is 1.04. The molecule has 2 N–H and O–H groups in total. The van der Waals surface area contributed by atoms with Gasteiger partial charge in [0.1, 0.15) is 0 Å². The van der Waals surface area contributed by atoms with Crippen LogP contribution in [0.3, 0.4) is 0 Å². The van der Waals surface area contributed by atoms with E-state index in [2.05, 4.69) is 0 Å². The first-order valence-electron chi connectivity index (χ1n) is 1.86. The van der Waals surface area contributed by atoms with Gasteiger partial charge in [0.05, 0.1) is 0 Å². The normalized spacial score (nSPS) is 5.00. The molecule has 2 radical (unpaired) electrons. The second-order valence-electron chi connectivity index (χ2n) is 1.04. The van der Waals surface area contributed by atoms with E-state index in [0.29, 0.717) is 0 Å². The Morgan fingerprint density at radius 1 is 0.900 bits per heavy atom. The summed E-state index contributed by atoms with van der Waals surface area (Å²) in [4.78, 5) is 18.0. The summed E-state index contributed by atoms with van der Waals surface area (Å²) in [5.74, 6) is -1.67. The minimum Gasteiger partial charge on any atom is -0.481 e. The van der Waals surface area contributed by atoms with Crippen molar-refractivity contribution in [3.8, 4) is 0 Å². The number of carboxylic acid groups (broad SMARTS) is 2. The van der Waals surface area contributed by atoms with Crippen molar-refractivity contribution >= 4 is 11.9 Å². The van der Waals surface area contributed by atoms with Crippen LogP contribution in [0.1, 0.15) is 13.8 Å². The van der Waals surface area contributed by atoms with E-state index in [0.717, 1.165) is 13.8 Å². The van der Waals surface area contributed by atoms with E-state index in [9.17, 15) is 0 Å². The zero-order chi connectivity index (χ0) is 7.15. The Balaban J connectivity index is -0.0000000300. The molecule has 0 aromatic heterocycles. The monoisotopic (exact) mass is 230 g/mol. The van der Waals surface area contributed by atoms with Crippen molar-refractivity contribution in [3.63, 3.8) is 0 Å². The van der Waals surface area contributed by atoms with Gasteiger partial charge in [0.15, 0.2) is 0 Å². The zero-order valence-electron chi connectivity index (χ0n) is 5.47. The fraction of sp³-hybridized carbons (Fsp3) is 0.500. The first-order chi connectivity index (χ1) is 3.46. The molecule has 0 rings (SSSR count). The van der Waals surface area contributed by atoms with Crippen LogP contribution in [-0.2, 0) is 43.7 Å². The molecule has 0 fully saturated rings. The number of carbonyl (C=O) groups is 2. The third kappa shape index (κ3) is 878000. The van der Waals surface area contributed by atoms with Gasteiger partial charge < -0.3 is 10.2 Å². The smallest absolute Gasteiger partial charge is 0.300 e. The Morgan fingerprint density at radius 2 is 0.900 bits per heavy atom. The summed E-state index contributed by atoms with van der Waals surface area (Å²) in [6.07, 6.45) is 0. The van der Waals surface area contributed by atoms with Crippen molar-refractivity contribution < 1.29 is 53.9 Å². The molecule has 0 atom stereocenters. The summed E-state index contributed by atoms with van der Waals surface area (Å²) in [5, 5.41) is 14.8. The van der Waals surface area contributed by atoms with Gasteiger partial charge >= 0.3 is 0 Å². The number of hydrogen-bond donors (Lipinski definition) is 2. The number of rotatable bonds is 0. The number of hydrogen-bond acceptors (Lipinski definition) is 2. The van der Waals surface area contributed by atoms with Crippen molar-refractivity contribution in [2.45, 2.75) is 13.8 Å². The predicted molar refractivity (Wildman–Crippen MR) is 26.6 cm³/mol. The largest absolute Gasteiger partial charge is 0.481 e. The maximum absolute atomic E-state index is 9.00. The first kappa shape index (κ1) is 22.5. The summed E-state index contributed by atoms with van der Waals surface area (Å²) in [6.45, 7) is 2.17. The Hall–Kier alpha value is -0.0210. The molecule has 0 aliphatic carbocycles. The van der Waals surface area contributed by atoms with Crippen molar-refractivity contribution in [3.05, 3.63) is 0 Å². The summed E-state index contributed by atoms with van der Waals surface area (Å²) < 4.78 is 0. The van der Waals surface area contributed by atoms with Crippen molar-refractivity contribution in [1.82, 2.24) is 0 Å². The Kier molecular flexibility index (Phi) is 36.0. The average molecular weight is 230 g/mol. The van der Waals surface area contributed by atoms with Gasteiger partial charge in [-0.3, -0.25) is 9.59 Å². The van der Waals surface area contributed by atoms with Crippen molar-refractivity contribution in [2.24, 2.45) is 0 Å². The van der Waals surface area contributed by atoms with E-state index in [1.54, 1.807) is 0 Å². The molecule has 0 amide bonds. The molecule has 0 aliphatic rings. The van der Waals surface area contributed by atoms with Gasteiger partial charge in [0, 0.05) is 48.0 Å². The second kappa shape index (κ2) is 16.0. The van der Waals surface area contributed by atoms with Gasteiger partial charge in [0.2, 0.25) is 0 Å². The topological polar surface area (TPSA) is 74.6 Å². The van der Waals surface area contributed by atoms with Gasteiger partial charge in [0.25, 0.3) is 11.9 Å². The van der Waals surface area contributed by atoms with E-state index in [1.165, 1.54) is 0 Å². The Bertz CT molecular complexity index is 73.3. The Labute approximate surface area is 79.9 Å². The predicted octanol–water partition coefficient (Wildman–Crippen LogP) is 0.177. The van der Waals surface area contributed by atoms with E-state index >= 15 is 0 Å². The third-order valence-electron chi connectivity index (χ3n) is 0. The molecule has 0 aromatic carbocycles. The van der Waals surface area contributed by atoms with Crippen LogP contribution in [0.2, 0.25) is 0 Å². The molecular weight excluding hydrogens is 222 g/mol. The molecule has 10 heavy (non-hydrogen) atoms. The molecule has 0 unspecified atom stereocenters. The fourth-order valence-corrected chi connectivity index (χ4v) is 0. The van der Waals surface area contributed by atoms with E-state index in [1.807, 2.05) is 0 Å². The van der Waals surface area contributed by atoms with Gasteiger partial charge in [-0.25, -0.2) is 0 Å². The molecule has 0 saturated carbocycles. The summed E-state index contributed by atoms with van der Waals surface area (Å²) >= 11 is 0. The van der Waals surface area contributed by atoms with Crippen LogP contribution >= 0.6 is 0 Å². The maximum Gasteiger partial charge on any atom is 0.300 e. The summed E-state index contributed by atoms with van der Waals surface area (Å²) in [5.41, 5.74) is 0. The standard InChI is InChI=1S/2C2H4O2.2Mn/c2*1-2(3)4;;/h2*1H3,(H,3,4);;. The van der Waals surface area contributed by atoms with Crippen LogP contribution in [-0.4, -0.2) is 22.2 Å². The minimum absolute atomic E-state index is 0. The summed E-state index contributed by atoms with van der Waals surface area (Å²) in [7, 11) is 0. The molecule has 0 aromatic rings. The van der Waals surface area contributed by atoms with E-state index in [-0.39, 0.29) is 34.1 Å². The van der Waals surface area contributed by atoms with Crippen LogP contribution in [0.25, 0.3) is 0 Å². The van der Waals surface area contributed by atoms with Gasteiger partial charge in [-0.1, -0.05) is 0 Å². The van der Waals surface area contributed by atoms with Crippen LogP contribution in [0.4, 0.5) is 0 Å². The SMILES string of the molecule is CC(=O)O.CC(=O)O.[Mn].[Mn]. The van der Waals surface area contributed by atoms with Crippen LogP contribution in [0.5, 0.6) is 0 Å². The molecule has 0 aliphatic heterocycles. The molecule has 0 spiro atoms. The number of aliphatic carboxylic acids is 2. The molecule has 62 valence electrons. The van der Waals surface area contributed by atoms with Crippen LogP contribution < -0.4 is 0 Å². The van der Waals surface area contributed by atoms with Crippen molar-refractivity contribution in [1.29, 1.82) is 0 Å². The van der Waals surface area contributed by atoms with Crippen molar-refractivity contribution in [2.75, 3.05) is 0 Å².